The average Bonchev–Trinajstić information content (AvgIpc) is 2.96. The minimum atomic E-state index is -0.433. The van der Waals surface area contributed by atoms with E-state index in [0.717, 1.165) is 16.6 Å². The summed E-state index contributed by atoms with van der Waals surface area (Å²) in [6.07, 6.45) is 1.74. The lowest BCUT2D eigenvalue weighted by molar-refractivity contribution is -0.117. The van der Waals surface area contributed by atoms with E-state index < -0.39 is 6.10 Å². The highest BCUT2D eigenvalue weighted by molar-refractivity contribution is 5.96. The summed E-state index contributed by atoms with van der Waals surface area (Å²) in [4.78, 5) is 11.9. The molecule has 4 N–H and O–H groups in total. The van der Waals surface area contributed by atoms with Gasteiger partial charge in [-0.15, -0.1) is 12.4 Å². The van der Waals surface area contributed by atoms with Gasteiger partial charge in [0.25, 0.3) is 0 Å². The lowest BCUT2D eigenvalue weighted by atomic mass is 10.2. The van der Waals surface area contributed by atoms with Crippen LogP contribution in [0, 0.1) is 0 Å². The van der Waals surface area contributed by atoms with Gasteiger partial charge in [0, 0.05) is 17.6 Å². The van der Waals surface area contributed by atoms with Crippen LogP contribution in [0.25, 0.3) is 10.9 Å². The molecule has 2 unspecified atom stereocenters. The number of benzene rings is 1. The Hall–Kier alpha value is -1.63. The third-order valence-electron chi connectivity index (χ3n) is 3.13. The molecule has 19 heavy (non-hydrogen) atoms. The molecule has 2 aromatic rings. The fourth-order valence-electron chi connectivity index (χ4n) is 2.17. The molecule has 1 saturated heterocycles. The molecule has 3 rings (SSSR count). The van der Waals surface area contributed by atoms with Crippen LogP contribution in [0.4, 0.5) is 5.69 Å². The number of amides is 1. The maximum absolute atomic E-state index is 11.9. The minimum Gasteiger partial charge on any atom is -0.392 e. The summed E-state index contributed by atoms with van der Waals surface area (Å²) >= 11 is 0. The molecule has 1 aliphatic rings. The van der Waals surface area contributed by atoms with Crippen LogP contribution in [-0.2, 0) is 4.79 Å². The molecule has 0 spiro atoms. The van der Waals surface area contributed by atoms with E-state index in [9.17, 15) is 9.90 Å². The van der Waals surface area contributed by atoms with Crippen LogP contribution < -0.4 is 10.6 Å². The highest BCUT2D eigenvalue weighted by Gasteiger charge is 2.27. The number of aromatic amines is 1. The lowest BCUT2D eigenvalue weighted by Crippen LogP contribution is -2.35. The summed E-state index contributed by atoms with van der Waals surface area (Å²) < 4.78 is 0. The largest absolute Gasteiger partial charge is 0.392 e. The monoisotopic (exact) mass is 282 g/mol. The molecule has 7 heteroatoms. The molecule has 0 aliphatic carbocycles. The third-order valence-corrected chi connectivity index (χ3v) is 3.13. The van der Waals surface area contributed by atoms with Crippen LogP contribution >= 0.6 is 12.4 Å². The van der Waals surface area contributed by atoms with Crippen LogP contribution in [0.2, 0.25) is 0 Å². The number of hydrogen-bond acceptors (Lipinski definition) is 4. The van der Waals surface area contributed by atoms with Crippen molar-refractivity contribution in [3.63, 3.8) is 0 Å². The molecule has 1 aromatic heterocycles. The number of β-amino-alcohol motifs (C(OH)–C–C–N with tert-alkyl or cyclic N) is 1. The van der Waals surface area contributed by atoms with Crippen molar-refractivity contribution in [1.29, 1.82) is 0 Å². The van der Waals surface area contributed by atoms with Crippen molar-refractivity contribution in [3.05, 3.63) is 24.4 Å². The minimum absolute atomic E-state index is 0. The molecule has 1 aliphatic heterocycles. The Kier molecular flexibility index (Phi) is 4.04. The number of anilines is 1. The molecule has 0 bridgehead atoms. The van der Waals surface area contributed by atoms with E-state index in [-0.39, 0.29) is 24.4 Å². The zero-order valence-electron chi connectivity index (χ0n) is 10.1. The van der Waals surface area contributed by atoms with E-state index in [1.807, 2.05) is 18.2 Å². The molecule has 102 valence electrons. The van der Waals surface area contributed by atoms with E-state index in [0.29, 0.717) is 13.0 Å². The number of aliphatic hydroxyl groups is 1. The van der Waals surface area contributed by atoms with E-state index >= 15 is 0 Å². The summed E-state index contributed by atoms with van der Waals surface area (Å²) in [6.45, 7) is 0.471. The zero-order valence-corrected chi connectivity index (χ0v) is 10.9. The van der Waals surface area contributed by atoms with Crippen LogP contribution in [0.5, 0.6) is 0 Å². The van der Waals surface area contributed by atoms with Gasteiger partial charge in [-0.1, -0.05) is 0 Å². The third kappa shape index (κ3) is 2.86. The number of hydrogen-bond donors (Lipinski definition) is 4. The molecular weight excluding hydrogens is 268 g/mol. The lowest BCUT2D eigenvalue weighted by Gasteiger charge is -2.10. The second kappa shape index (κ2) is 5.56. The van der Waals surface area contributed by atoms with Gasteiger partial charge in [-0.05, 0) is 24.6 Å². The quantitative estimate of drug-likeness (QED) is 0.651. The first-order chi connectivity index (χ1) is 8.72. The predicted molar refractivity (Wildman–Crippen MR) is 74.4 cm³/mol. The van der Waals surface area contributed by atoms with Gasteiger partial charge in [-0.25, -0.2) is 0 Å². The van der Waals surface area contributed by atoms with Crippen molar-refractivity contribution in [2.45, 2.75) is 18.6 Å². The number of aromatic nitrogens is 2. The number of fused-ring (bicyclic) bond motifs is 1. The number of carbonyl (C=O) groups excluding carboxylic acids is 1. The number of aliphatic hydroxyl groups excluding tert-OH is 1. The Balaban J connectivity index is 0.00000133. The van der Waals surface area contributed by atoms with Gasteiger partial charge in [0.05, 0.1) is 23.9 Å². The molecule has 0 radical (unpaired) electrons. The van der Waals surface area contributed by atoms with Gasteiger partial charge in [-0.2, -0.15) is 5.10 Å². The highest BCUT2D eigenvalue weighted by atomic mass is 35.5. The first-order valence-corrected chi connectivity index (χ1v) is 5.88. The van der Waals surface area contributed by atoms with Crippen molar-refractivity contribution in [1.82, 2.24) is 15.5 Å². The van der Waals surface area contributed by atoms with Crippen molar-refractivity contribution in [2.24, 2.45) is 0 Å². The van der Waals surface area contributed by atoms with Crippen molar-refractivity contribution < 1.29 is 9.90 Å². The summed E-state index contributed by atoms with van der Waals surface area (Å²) in [6, 6.07) is 5.24. The Labute approximate surface area is 116 Å². The summed E-state index contributed by atoms with van der Waals surface area (Å²) in [5, 5.41) is 22.9. The zero-order chi connectivity index (χ0) is 12.5. The Morgan fingerprint density at radius 2 is 2.32 bits per heavy atom. The molecule has 1 amide bonds. The van der Waals surface area contributed by atoms with E-state index in [1.165, 1.54) is 0 Å². The van der Waals surface area contributed by atoms with Gasteiger partial charge in [0.1, 0.15) is 0 Å². The first kappa shape index (κ1) is 13.8. The van der Waals surface area contributed by atoms with Crippen molar-refractivity contribution in [2.75, 3.05) is 11.9 Å². The molecule has 0 saturated carbocycles. The number of halogens is 1. The second-order valence-electron chi connectivity index (χ2n) is 4.51. The van der Waals surface area contributed by atoms with Crippen LogP contribution in [-0.4, -0.2) is 39.9 Å². The fourth-order valence-corrected chi connectivity index (χ4v) is 2.17. The predicted octanol–water partition coefficient (Wildman–Crippen LogP) is 0.646. The number of nitrogens with one attached hydrogen (secondary N) is 3. The molecule has 2 heterocycles. The van der Waals surface area contributed by atoms with E-state index in [2.05, 4.69) is 20.8 Å². The Bertz CT molecular complexity index is 586. The van der Waals surface area contributed by atoms with Crippen molar-refractivity contribution >= 4 is 34.9 Å². The standard InChI is InChI=1S/C12H14N4O2.ClH/c17-9-4-11(13-6-9)12(18)15-8-1-2-10-7(3-8)5-14-16-10;/h1-3,5,9,11,13,17H,4,6H2,(H,14,16)(H,15,18);1H. The molecular formula is C12H15ClN4O2. The van der Waals surface area contributed by atoms with Gasteiger partial charge in [0.15, 0.2) is 0 Å². The summed E-state index contributed by atoms with van der Waals surface area (Å²) in [5.41, 5.74) is 1.67. The maximum atomic E-state index is 11.9. The van der Waals surface area contributed by atoms with E-state index in [1.54, 1.807) is 6.20 Å². The molecule has 2 atom stereocenters. The second-order valence-corrected chi connectivity index (χ2v) is 4.51. The smallest absolute Gasteiger partial charge is 0.241 e. The topological polar surface area (TPSA) is 90.0 Å². The first-order valence-electron chi connectivity index (χ1n) is 5.88. The van der Waals surface area contributed by atoms with Gasteiger partial charge in [-0.3, -0.25) is 9.89 Å². The van der Waals surface area contributed by atoms with E-state index in [4.69, 9.17) is 0 Å². The van der Waals surface area contributed by atoms with Gasteiger partial charge in [0.2, 0.25) is 5.91 Å². The molecule has 6 nitrogen and oxygen atoms in total. The summed E-state index contributed by atoms with van der Waals surface area (Å²) in [7, 11) is 0. The van der Waals surface area contributed by atoms with Crippen LogP contribution in [0.15, 0.2) is 24.4 Å². The molecule has 1 fully saturated rings. The number of H-pyrrole nitrogens is 1. The fraction of sp³-hybridized carbons (Fsp3) is 0.333. The number of rotatable bonds is 2. The van der Waals surface area contributed by atoms with Crippen LogP contribution in [0.3, 0.4) is 0 Å². The Morgan fingerprint density at radius 1 is 1.47 bits per heavy atom. The van der Waals surface area contributed by atoms with Gasteiger partial charge >= 0.3 is 0 Å². The Morgan fingerprint density at radius 3 is 3.05 bits per heavy atom. The highest BCUT2D eigenvalue weighted by Crippen LogP contribution is 2.17. The number of nitrogens with zero attached hydrogens (tertiary/aromatic N) is 1. The molecule has 1 aromatic carbocycles. The van der Waals surface area contributed by atoms with Crippen molar-refractivity contribution in [3.8, 4) is 0 Å². The normalized spacial score (nSPS) is 22.2. The average molecular weight is 283 g/mol. The summed E-state index contributed by atoms with van der Waals surface area (Å²) in [5.74, 6) is -0.116. The van der Waals surface area contributed by atoms with Gasteiger partial charge < -0.3 is 15.7 Å². The van der Waals surface area contributed by atoms with Crippen LogP contribution in [0.1, 0.15) is 6.42 Å². The number of carbonyl (C=O) groups is 1. The SMILES string of the molecule is Cl.O=C(Nc1ccc2[nH]ncc2c1)C1CC(O)CN1. The maximum Gasteiger partial charge on any atom is 0.241 e.